The summed E-state index contributed by atoms with van der Waals surface area (Å²) in [5.74, 6) is 0.974. The summed E-state index contributed by atoms with van der Waals surface area (Å²) >= 11 is 3.70. The van der Waals surface area contributed by atoms with Crippen molar-refractivity contribution in [2.45, 2.75) is 43.9 Å². The molecular formula is C18H27BrO5. The molecule has 0 radical (unpaired) electrons. The van der Waals surface area contributed by atoms with Gasteiger partial charge in [-0.3, -0.25) is 0 Å². The van der Waals surface area contributed by atoms with Crippen LogP contribution in [0.2, 0.25) is 0 Å². The molecule has 0 heterocycles. The van der Waals surface area contributed by atoms with Gasteiger partial charge in [0, 0.05) is 10.4 Å². The fourth-order valence-corrected chi connectivity index (χ4v) is 3.44. The molecule has 24 heavy (non-hydrogen) atoms. The third-order valence-electron chi connectivity index (χ3n) is 3.90. The molecule has 0 bridgehead atoms. The van der Waals surface area contributed by atoms with Gasteiger partial charge in [-0.2, -0.15) is 0 Å². The average Bonchev–Trinajstić information content (AvgIpc) is 2.62. The van der Waals surface area contributed by atoms with Gasteiger partial charge in [0.1, 0.15) is 0 Å². The number of esters is 1. The van der Waals surface area contributed by atoms with Crippen molar-refractivity contribution in [1.29, 1.82) is 0 Å². The zero-order valence-corrected chi connectivity index (χ0v) is 16.7. The van der Waals surface area contributed by atoms with E-state index in [1.165, 1.54) is 27.1 Å². The van der Waals surface area contributed by atoms with Crippen molar-refractivity contribution < 1.29 is 23.7 Å². The molecule has 0 aromatic heterocycles. The van der Waals surface area contributed by atoms with Crippen LogP contribution >= 0.6 is 15.9 Å². The van der Waals surface area contributed by atoms with E-state index in [-0.39, 0.29) is 4.83 Å². The first-order valence-corrected chi connectivity index (χ1v) is 9.02. The molecule has 0 saturated carbocycles. The maximum absolute atomic E-state index is 12.3. The van der Waals surface area contributed by atoms with Gasteiger partial charge in [-0.25, -0.2) is 4.79 Å². The first kappa shape index (κ1) is 20.6. The van der Waals surface area contributed by atoms with E-state index >= 15 is 0 Å². The lowest BCUT2D eigenvalue weighted by atomic mass is 9.98. The number of alkyl halides is 1. The number of carbonyl (C=O) groups is 1. The highest BCUT2D eigenvalue weighted by Gasteiger charge is 2.28. The molecule has 1 rings (SSSR count). The number of unbranched alkanes of at least 4 members (excludes halogenated alkanes) is 3. The molecule has 0 saturated heterocycles. The van der Waals surface area contributed by atoms with E-state index in [2.05, 4.69) is 22.9 Å². The lowest BCUT2D eigenvalue weighted by molar-refractivity contribution is 0.0598. The van der Waals surface area contributed by atoms with Gasteiger partial charge in [-0.05, 0) is 12.5 Å². The molecule has 0 N–H and O–H groups in total. The van der Waals surface area contributed by atoms with Crippen LogP contribution < -0.4 is 14.2 Å². The largest absolute Gasteiger partial charge is 0.493 e. The Morgan fingerprint density at radius 3 is 2.21 bits per heavy atom. The minimum Gasteiger partial charge on any atom is -0.493 e. The van der Waals surface area contributed by atoms with Gasteiger partial charge in [0.2, 0.25) is 5.75 Å². The third-order valence-corrected chi connectivity index (χ3v) is 4.81. The van der Waals surface area contributed by atoms with Gasteiger partial charge >= 0.3 is 5.97 Å². The number of hydrogen-bond donors (Lipinski definition) is 0. The molecular weight excluding hydrogens is 376 g/mol. The van der Waals surface area contributed by atoms with Gasteiger partial charge in [0.15, 0.2) is 11.5 Å². The zero-order valence-electron chi connectivity index (χ0n) is 15.1. The fraction of sp³-hybridized carbons (Fsp3) is 0.611. The van der Waals surface area contributed by atoms with E-state index in [1.54, 1.807) is 20.3 Å². The first-order chi connectivity index (χ1) is 11.5. The van der Waals surface area contributed by atoms with Crippen LogP contribution in [0.1, 0.15) is 59.8 Å². The van der Waals surface area contributed by atoms with Crippen LogP contribution in [-0.4, -0.2) is 34.4 Å². The summed E-state index contributed by atoms with van der Waals surface area (Å²) in [7, 11) is 5.99. The molecule has 0 fully saturated rings. The predicted octanol–water partition coefficient (Wildman–Crippen LogP) is 4.91. The van der Waals surface area contributed by atoms with Crippen molar-refractivity contribution in [2.24, 2.45) is 0 Å². The lowest BCUT2D eigenvalue weighted by Crippen LogP contribution is -2.11. The average molecular weight is 403 g/mol. The van der Waals surface area contributed by atoms with Gasteiger partial charge in [-0.1, -0.05) is 48.5 Å². The minimum atomic E-state index is -0.428. The summed E-state index contributed by atoms with van der Waals surface area (Å²) in [6.07, 6.45) is 5.48. The van der Waals surface area contributed by atoms with E-state index in [0.29, 0.717) is 22.8 Å². The zero-order chi connectivity index (χ0) is 18.1. The van der Waals surface area contributed by atoms with Crippen LogP contribution in [0.3, 0.4) is 0 Å². The minimum absolute atomic E-state index is 0.0433. The molecule has 0 spiro atoms. The quantitative estimate of drug-likeness (QED) is 0.316. The highest BCUT2D eigenvalue weighted by molar-refractivity contribution is 9.09. The monoisotopic (exact) mass is 402 g/mol. The Kier molecular flexibility index (Phi) is 8.97. The number of rotatable bonds is 10. The van der Waals surface area contributed by atoms with E-state index in [1.807, 2.05) is 0 Å². The number of hydrogen-bond acceptors (Lipinski definition) is 5. The van der Waals surface area contributed by atoms with E-state index in [4.69, 9.17) is 18.9 Å². The molecule has 1 unspecified atom stereocenters. The van der Waals surface area contributed by atoms with E-state index < -0.39 is 5.97 Å². The van der Waals surface area contributed by atoms with Crippen LogP contribution in [0.5, 0.6) is 17.2 Å². The summed E-state index contributed by atoms with van der Waals surface area (Å²) in [5, 5.41) is 0. The first-order valence-electron chi connectivity index (χ1n) is 8.10. The van der Waals surface area contributed by atoms with Crippen molar-refractivity contribution in [1.82, 2.24) is 0 Å². The van der Waals surface area contributed by atoms with E-state index in [9.17, 15) is 4.79 Å². The summed E-state index contributed by atoms with van der Waals surface area (Å²) in [4.78, 5) is 12.2. The van der Waals surface area contributed by atoms with Crippen molar-refractivity contribution in [3.8, 4) is 17.2 Å². The normalized spacial score (nSPS) is 11.8. The third kappa shape index (κ3) is 4.79. The molecule has 6 heteroatoms. The van der Waals surface area contributed by atoms with E-state index in [0.717, 1.165) is 24.8 Å². The second-order valence-electron chi connectivity index (χ2n) is 5.42. The standard InChI is InChI=1S/C18H27BrO5/c1-6-7-8-9-10-13(19)15-12(18(20)24-5)11-14(21-2)16(22-3)17(15)23-4/h11,13H,6-10H2,1-5H3. The van der Waals surface area contributed by atoms with Gasteiger partial charge in [-0.15, -0.1) is 0 Å². The molecule has 0 amide bonds. The Balaban J connectivity index is 3.33. The van der Waals surface area contributed by atoms with Gasteiger partial charge in [0.25, 0.3) is 0 Å². The Hall–Kier alpha value is -1.43. The molecule has 1 atom stereocenters. The van der Waals surface area contributed by atoms with Crippen LogP contribution in [0.15, 0.2) is 6.07 Å². The predicted molar refractivity (Wildman–Crippen MR) is 97.9 cm³/mol. The summed E-state index contributed by atoms with van der Waals surface area (Å²) in [6.45, 7) is 2.18. The number of methoxy groups -OCH3 is 4. The maximum Gasteiger partial charge on any atom is 0.338 e. The van der Waals surface area contributed by atoms with Crippen molar-refractivity contribution in [3.05, 3.63) is 17.2 Å². The molecule has 0 aliphatic rings. The lowest BCUT2D eigenvalue weighted by Gasteiger charge is -2.21. The summed E-state index contributed by atoms with van der Waals surface area (Å²) in [6, 6.07) is 1.64. The number of benzene rings is 1. The topological polar surface area (TPSA) is 54.0 Å². The smallest absolute Gasteiger partial charge is 0.338 e. The number of halogens is 1. The second kappa shape index (κ2) is 10.4. The molecule has 0 aliphatic carbocycles. The fourth-order valence-electron chi connectivity index (χ4n) is 2.66. The molecule has 136 valence electrons. The Morgan fingerprint density at radius 1 is 1.04 bits per heavy atom. The highest BCUT2D eigenvalue weighted by atomic mass is 79.9. The number of ether oxygens (including phenoxy) is 4. The van der Waals surface area contributed by atoms with Crippen molar-refractivity contribution >= 4 is 21.9 Å². The second-order valence-corrected chi connectivity index (χ2v) is 6.52. The molecule has 1 aromatic carbocycles. The molecule has 0 aliphatic heterocycles. The number of carbonyl (C=O) groups excluding carboxylic acids is 1. The summed E-state index contributed by atoms with van der Waals surface area (Å²) < 4.78 is 21.3. The Morgan fingerprint density at radius 2 is 1.71 bits per heavy atom. The Labute approximate surface area is 152 Å². The highest BCUT2D eigenvalue weighted by Crippen LogP contribution is 2.47. The van der Waals surface area contributed by atoms with Crippen LogP contribution in [0.25, 0.3) is 0 Å². The summed E-state index contributed by atoms with van der Waals surface area (Å²) in [5.41, 5.74) is 1.16. The maximum atomic E-state index is 12.3. The van der Waals surface area contributed by atoms with Gasteiger partial charge < -0.3 is 18.9 Å². The van der Waals surface area contributed by atoms with Crippen molar-refractivity contribution in [2.75, 3.05) is 28.4 Å². The Bertz CT molecular complexity index is 545. The van der Waals surface area contributed by atoms with Crippen LogP contribution in [0, 0.1) is 0 Å². The SMILES string of the molecule is CCCCCCC(Br)c1c(C(=O)OC)cc(OC)c(OC)c1OC. The van der Waals surface area contributed by atoms with Gasteiger partial charge in [0.05, 0.1) is 34.0 Å². The van der Waals surface area contributed by atoms with Crippen molar-refractivity contribution in [3.63, 3.8) is 0 Å². The molecule has 5 nitrogen and oxygen atoms in total. The van der Waals surface area contributed by atoms with Crippen LogP contribution in [-0.2, 0) is 4.74 Å². The van der Waals surface area contributed by atoms with Crippen LogP contribution in [0.4, 0.5) is 0 Å². The molecule has 1 aromatic rings.